The normalized spacial score (nSPS) is 16.4. The summed E-state index contributed by atoms with van der Waals surface area (Å²) in [6.45, 7) is 4.20. The van der Waals surface area contributed by atoms with E-state index < -0.39 is 35.3 Å². The zero-order chi connectivity index (χ0) is 21.7. The second-order valence-corrected chi connectivity index (χ2v) is 7.23. The van der Waals surface area contributed by atoms with Crippen LogP contribution in [0.1, 0.15) is 24.5 Å². The summed E-state index contributed by atoms with van der Waals surface area (Å²) >= 11 is 0. The molecule has 0 fully saturated rings. The second kappa shape index (κ2) is 9.84. The molecule has 0 radical (unpaired) electrons. The van der Waals surface area contributed by atoms with Gasteiger partial charge in [-0.05, 0) is 24.6 Å². The summed E-state index contributed by atoms with van der Waals surface area (Å²) in [5.74, 6) is -2.12. The Balaban J connectivity index is 1.58. The summed E-state index contributed by atoms with van der Waals surface area (Å²) in [7, 11) is 1.61. The first-order valence-electron chi connectivity index (χ1n) is 9.85. The van der Waals surface area contributed by atoms with E-state index in [-0.39, 0.29) is 6.10 Å². The molecule has 0 saturated carbocycles. The van der Waals surface area contributed by atoms with Crippen LogP contribution in [0.2, 0.25) is 0 Å². The number of hydrogen-bond donors (Lipinski definition) is 1. The Morgan fingerprint density at radius 1 is 1.23 bits per heavy atom. The highest BCUT2D eigenvalue weighted by atomic mass is 19.1. The maximum atomic E-state index is 13.7. The molecule has 1 heterocycles. The minimum absolute atomic E-state index is 0.0118. The van der Waals surface area contributed by atoms with E-state index in [2.05, 4.69) is 10.2 Å². The Labute approximate surface area is 173 Å². The lowest BCUT2D eigenvalue weighted by molar-refractivity contribution is -0.120. The molecule has 0 aromatic heterocycles. The fourth-order valence-corrected chi connectivity index (χ4v) is 3.43. The van der Waals surface area contributed by atoms with Gasteiger partial charge in [-0.3, -0.25) is 9.69 Å². The lowest BCUT2D eigenvalue weighted by atomic mass is 10.1. The quantitative estimate of drug-likeness (QED) is 0.743. The highest BCUT2D eigenvalue weighted by Crippen LogP contribution is 2.29. The van der Waals surface area contributed by atoms with Gasteiger partial charge in [0.2, 0.25) is 5.91 Å². The number of hydrogen-bond acceptors (Lipinski definition) is 4. The molecule has 30 heavy (non-hydrogen) atoms. The number of amides is 1. The van der Waals surface area contributed by atoms with E-state index in [4.69, 9.17) is 9.47 Å². The minimum Gasteiger partial charge on any atom is -0.497 e. The maximum absolute atomic E-state index is 13.7. The number of carbonyl (C=O) groups is 1. The number of methoxy groups -OCH3 is 1. The van der Waals surface area contributed by atoms with Crippen molar-refractivity contribution in [3.05, 3.63) is 58.9 Å². The maximum Gasteiger partial charge on any atom is 0.224 e. The van der Waals surface area contributed by atoms with E-state index in [1.807, 2.05) is 25.1 Å². The van der Waals surface area contributed by atoms with E-state index in [0.29, 0.717) is 38.3 Å². The van der Waals surface area contributed by atoms with Crippen LogP contribution in [-0.2, 0) is 17.8 Å². The van der Waals surface area contributed by atoms with Crippen LogP contribution in [0.15, 0.2) is 30.3 Å². The molecule has 162 valence electrons. The third kappa shape index (κ3) is 5.44. The second-order valence-electron chi connectivity index (χ2n) is 7.23. The Hall–Kier alpha value is -2.74. The van der Waals surface area contributed by atoms with E-state index in [9.17, 15) is 18.0 Å². The molecule has 0 aliphatic carbocycles. The lowest BCUT2D eigenvalue weighted by Gasteiger charge is -2.23. The van der Waals surface area contributed by atoms with Gasteiger partial charge in [-0.1, -0.05) is 6.92 Å². The Morgan fingerprint density at radius 3 is 2.63 bits per heavy atom. The smallest absolute Gasteiger partial charge is 0.224 e. The largest absolute Gasteiger partial charge is 0.497 e. The third-order valence-electron chi connectivity index (χ3n) is 5.07. The Morgan fingerprint density at radius 2 is 1.97 bits per heavy atom. The highest BCUT2D eigenvalue weighted by molar-refractivity contribution is 5.78. The first kappa shape index (κ1) is 22.0. The van der Waals surface area contributed by atoms with E-state index >= 15 is 0 Å². The topological polar surface area (TPSA) is 50.8 Å². The van der Waals surface area contributed by atoms with Crippen LogP contribution in [0.4, 0.5) is 13.2 Å². The van der Waals surface area contributed by atoms with Crippen molar-refractivity contribution in [1.29, 1.82) is 0 Å². The summed E-state index contributed by atoms with van der Waals surface area (Å²) in [5.41, 5.74) is 0.552. The molecular formula is C22H25F3N2O3. The number of ether oxygens (including phenoxy) is 2. The molecule has 0 spiro atoms. The van der Waals surface area contributed by atoms with Crippen LogP contribution in [0.25, 0.3) is 0 Å². The number of benzene rings is 2. The molecule has 1 aliphatic rings. The van der Waals surface area contributed by atoms with Crippen LogP contribution in [0.5, 0.6) is 11.5 Å². The standard InChI is InChI=1S/C22H25F3N2O3/c1-3-16-13-27(12-14-8-17(29-2)4-5-21(14)30-16)7-6-26-22(28)11-18-19(24)9-15(23)10-20(18)25/h4-5,8-10,16H,3,6-7,11-13H2,1-2H3,(H,26,28). The van der Waals surface area contributed by atoms with Crippen LogP contribution in [0.3, 0.4) is 0 Å². The van der Waals surface area contributed by atoms with Gasteiger partial charge in [0.05, 0.1) is 13.5 Å². The average Bonchev–Trinajstić information content (AvgIpc) is 2.88. The van der Waals surface area contributed by atoms with Crippen molar-refractivity contribution in [2.75, 3.05) is 26.7 Å². The molecule has 2 aromatic carbocycles. The zero-order valence-electron chi connectivity index (χ0n) is 17.0. The summed E-state index contributed by atoms with van der Waals surface area (Å²) in [6.07, 6.45) is 0.355. The van der Waals surface area contributed by atoms with E-state index in [0.717, 1.165) is 23.5 Å². The molecule has 3 rings (SSSR count). The molecule has 0 saturated heterocycles. The van der Waals surface area contributed by atoms with Crippen LogP contribution < -0.4 is 14.8 Å². The van der Waals surface area contributed by atoms with Gasteiger partial charge >= 0.3 is 0 Å². The monoisotopic (exact) mass is 422 g/mol. The van der Waals surface area contributed by atoms with Gasteiger partial charge in [0, 0.05) is 49.4 Å². The molecule has 1 atom stereocenters. The third-order valence-corrected chi connectivity index (χ3v) is 5.07. The summed E-state index contributed by atoms with van der Waals surface area (Å²) in [5, 5.41) is 2.67. The van der Waals surface area contributed by atoms with E-state index in [1.54, 1.807) is 7.11 Å². The van der Waals surface area contributed by atoms with Crippen molar-refractivity contribution in [3.8, 4) is 11.5 Å². The molecule has 8 heteroatoms. The highest BCUT2D eigenvalue weighted by Gasteiger charge is 2.22. The van der Waals surface area contributed by atoms with Gasteiger partial charge in [-0.25, -0.2) is 13.2 Å². The molecule has 0 bridgehead atoms. The lowest BCUT2D eigenvalue weighted by Crippen LogP contribution is -2.39. The first-order chi connectivity index (χ1) is 14.4. The first-order valence-corrected chi connectivity index (χ1v) is 9.85. The molecule has 2 aromatic rings. The van der Waals surface area contributed by atoms with Crippen molar-refractivity contribution in [2.45, 2.75) is 32.4 Å². The molecule has 1 aliphatic heterocycles. The van der Waals surface area contributed by atoms with Crippen molar-refractivity contribution < 1.29 is 27.4 Å². The fraction of sp³-hybridized carbons (Fsp3) is 0.409. The summed E-state index contributed by atoms with van der Waals surface area (Å²) in [4.78, 5) is 14.3. The van der Waals surface area contributed by atoms with Crippen LogP contribution in [-0.4, -0.2) is 43.7 Å². The SMILES string of the molecule is CCC1CN(CCNC(=O)Cc2c(F)cc(F)cc2F)Cc2cc(OC)ccc2O1. The number of halogens is 3. The van der Waals surface area contributed by atoms with Gasteiger partial charge in [0.1, 0.15) is 35.1 Å². The molecule has 1 N–H and O–H groups in total. The minimum atomic E-state index is -1.07. The zero-order valence-corrected chi connectivity index (χ0v) is 17.0. The molecule has 1 unspecified atom stereocenters. The van der Waals surface area contributed by atoms with Gasteiger partial charge in [0.25, 0.3) is 0 Å². The van der Waals surface area contributed by atoms with Crippen molar-refractivity contribution >= 4 is 5.91 Å². The number of carbonyl (C=O) groups excluding carboxylic acids is 1. The Kier molecular flexibility index (Phi) is 7.20. The van der Waals surface area contributed by atoms with Crippen molar-refractivity contribution in [2.24, 2.45) is 0 Å². The molecule has 5 nitrogen and oxygen atoms in total. The van der Waals surface area contributed by atoms with Crippen LogP contribution >= 0.6 is 0 Å². The fourth-order valence-electron chi connectivity index (χ4n) is 3.43. The Bertz CT molecular complexity index is 884. The summed E-state index contributed by atoms with van der Waals surface area (Å²) in [6, 6.07) is 6.82. The van der Waals surface area contributed by atoms with Gasteiger partial charge < -0.3 is 14.8 Å². The number of nitrogens with one attached hydrogen (secondary N) is 1. The predicted molar refractivity (Wildman–Crippen MR) is 106 cm³/mol. The number of fused-ring (bicyclic) bond motifs is 1. The number of rotatable bonds is 7. The average molecular weight is 422 g/mol. The van der Waals surface area contributed by atoms with Gasteiger partial charge in [0.15, 0.2) is 0 Å². The molecule has 1 amide bonds. The molecular weight excluding hydrogens is 397 g/mol. The van der Waals surface area contributed by atoms with Gasteiger partial charge in [-0.2, -0.15) is 0 Å². The number of nitrogens with zero attached hydrogens (tertiary/aromatic N) is 1. The van der Waals surface area contributed by atoms with Crippen LogP contribution in [0, 0.1) is 17.5 Å². The summed E-state index contributed by atoms with van der Waals surface area (Å²) < 4.78 is 51.8. The van der Waals surface area contributed by atoms with Crippen molar-refractivity contribution in [1.82, 2.24) is 10.2 Å². The van der Waals surface area contributed by atoms with E-state index in [1.165, 1.54) is 0 Å². The van der Waals surface area contributed by atoms with Gasteiger partial charge in [-0.15, -0.1) is 0 Å². The predicted octanol–water partition coefficient (Wildman–Crippen LogP) is 3.44. The van der Waals surface area contributed by atoms with Crippen molar-refractivity contribution in [3.63, 3.8) is 0 Å².